The second-order valence-electron chi connectivity index (χ2n) is 7.44. The molecule has 6 nitrogen and oxygen atoms in total. The molecule has 2 amide bonds. The van der Waals surface area contributed by atoms with E-state index in [1.807, 2.05) is 0 Å². The highest BCUT2D eigenvalue weighted by molar-refractivity contribution is 5.77. The van der Waals surface area contributed by atoms with Crippen LogP contribution >= 0.6 is 0 Å². The van der Waals surface area contributed by atoms with Crippen LogP contribution in [-0.2, 0) is 16.1 Å². The number of likely N-dealkylation sites (tertiary alicyclic amines) is 1. The lowest BCUT2D eigenvalue weighted by molar-refractivity contribution is -0.917. The molecule has 3 rings (SSSR count). The molecule has 0 spiro atoms. The van der Waals surface area contributed by atoms with E-state index in [4.69, 9.17) is 4.74 Å². The van der Waals surface area contributed by atoms with E-state index in [1.165, 1.54) is 17.0 Å². The Kier molecular flexibility index (Phi) is 6.66. The van der Waals surface area contributed by atoms with E-state index in [-0.39, 0.29) is 23.9 Å². The number of carbonyl (C=O) groups excluding carboxylic acids is 2. The lowest BCUT2D eigenvalue weighted by atomic mass is 10.1. The van der Waals surface area contributed by atoms with Gasteiger partial charge in [-0.05, 0) is 31.9 Å². The van der Waals surface area contributed by atoms with Crippen LogP contribution in [-0.4, -0.2) is 55.2 Å². The van der Waals surface area contributed by atoms with Gasteiger partial charge in [-0.1, -0.05) is 12.1 Å². The fourth-order valence-electron chi connectivity index (χ4n) is 3.61. The fourth-order valence-corrected chi connectivity index (χ4v) is 3.61. The predicted molar refractivity (Wildman–Crippen MR) is 98.7 cm³/mol. The van der Waals surface area contributed by atoms with Crippen molar-refractivity contribution in [2.45, 2.75) is 51.2 Å². The van der Waals surface area contributed by atoms with Crippen LogP contribution in [0.1, 0.15) is 38.2 Å². The minimum atomic E-state index is -0.272. The van der Waals surface area contributed by atoms with Crippen molar-refractivity contribution in [3.8, 4) is 0 Å². The molecule has 1 aromatic carbocycles. The molecule has 7 heteroatoms. The number of ether oxygens (including phenoxy) is 1. The molecule has 1 heterocycles. The van der Waals surface area contributed by atoms with Gasteiger partial charge in [0, 0.05) is 37.5 Å². The first-order chi connectivity index (χ1) is 13.0. The molecule has 1 atom stereocenters. The minimum absolute atomic E-state index is 0.0496. The molecule has 0 radical (unpaired) electrons. The monoisotopic (exact) mass is 378 g/mol. The molecule has 27 heavy (non-hydrogen) atoms. The summed E-state index contributed by atoms with van der Waals surface area (Å²) in [5, 5.41) is 3.12. The smallest absolute Gasteiger partial charge is 0.409 e. The topological polar surface area (TPSA) is 63.1 Å². The molecular weight excluding hydrogens is 349 g/mol. The lowest BCUT2D eigenvalue weighted by Gasteiger charge is -2.31. The van der Waals surface area contributed by atoms with Gasteiger partial charge >= 0.3 is 6.09 Å². The Balaban J connectivity index is 1.45. The van der Waals surface area contributed by atoms with Crippen molar-refractivity contribution < 1.29 is 23.6 Å². The maximum Gasteiger partial charge on any atom is 0.409 e. The van der Waals surface area contributed by atoms with Crippen molar-refractivity contribution in [3.05, 3.63) is 35.6 Å². The summed E-state index contributed by atoms with van der Waals surface area (Å²) in [4.78, 5) is 27.2. The first kappa shape index (κ1) is 19.6. The normalized spacial score (nSPS) is 18.8. The van der Waals surface area contributed by atoms with Crippen LogP contribution in [0.15, 0.2) is 24.3 Å². The molecule has 148 valence electrons. The summed E-state index contributed by atoms with van der Waals surface area (Å²) in [5.74, 6) is -0.188. The van der Waals surface area contributed by atoms with Crippen molar-refractivity contribution in [1.82, 2.24) is 10.2 Å². The second-order valence-corrected chi connectivity index (χ2v) is 7.44. The Morgan fingerprint density at radius 3 is 2.44 bits per heavy atom. The van der Waals surface area contributed by atoms with Crippen molar-refractivity contribution in [1.29, 1.82) is 0 Å². The molecule has 0 bridgehead atoms. The van der Waals surface area contributed by atoms with Crippen LogP contribution in [0.4, 0.5) is 9.18 Å². The number of carbonyl (C=O) groups is 2. The first-order valence-electron chi connectivity index (χ1n) is 9.85. The largest absolute Gasteiger partial charge is 0.450 e. The van der Waals surface area contributed by atoms with Crippen LogP contribution in [0, 0.1) is 5.82 Å². The Hall–Kier alpha value is -2.15. The van der Waals surface area contributed by atoms with Gasteiger partial charge in [-0.25, -0.2) is 9.18 Å². The molecule has 2 aliphatic rings. The highest BCUT2D eigenvalue weighted by atomic mass is 19.1. The van der Waals surface area contributed by atoms with Gasteiger partial charge in [0.05, 0.1) is 12.6 Å². The van der Waals surface area contributed by atoms with Crippen molar-refractivity contribution in [2.24, 2.45) is 0 Å². The zero-order valence-electron chi connectivity index (χ0n) is 15.9. The zero-order valence-corrected chi connectivity index (χ0v) is 15.9. The number of halogens is 1. The molecule has 1 aromatic rings. The van der Waals surface area contributed by atoms with Gasteiger partial charge in [0.2, 0.25) is 0 Å². The third-order valence-electron chi connectivity index (χ3n) is 5.27. The Morgan fingerprint density at radius 2 is 1.85 bits per heavy atom. The van der Waals surface area contributed by atoms with Crippen molar-refractivity contribution in [3.63, 3.8) is 0 Å². The minimum Gasteiger partial charge on any atom is -0.450 e. The zero-order chi connectivity index (χ0) is 19.2. The van der Waals surface area contributed by atoms with Gasteiger partial charge in [-0.3, -0.25) is 4.79 Å². The predicted octanol–water partition coefficient (Wildman–Crippen LogP) is 1.11. The third-order valence-corrected chi connectivity index (χ3v) is 5.27. The molecule has 1 aliphatic carbocycles. The lowest BCUT2D eigenvalue weighted by Crippen LogP contribution is -3.13. The second kappa shape index (κ2) is 9.17. The maximum atomic E-state index is 13.1. The van der Waals surface area contributed by atoms with Crippen LogP contribution < -0.4 is 10.2 Å². The molecule has 2 N–H and O–H groups in total. The van der Waals surface area contributed by atoms with Crippen LogP contribution in [0.3, 0.4) is 0 Å². The van der Waals surface area contributed by atoms with Gasteiger partial charge < -0.3 is 19.9 Å². The summed E-state index contributed by atoms with van der Waals surface area (Å²) in [6.45, 7) is 4.56. The van der Waals surface area contributed by atoms with Gasteiger partial charge in [0.15, 0.2) is 6.54 Å². The van der Waals surface area contributed by atoms with E-state index in [9.17, 15) is 14.0 Å². The average molecular weight is 378 g/mol. The van der Waals surface area contributed by atoms with Gasteiger partial charge in [-0.15, -0.1) is 0 Å². The summed E-state index contributed by atoms with van der Waals surface area (Å²) in [6, 6.07) is 7.15. The molecule has 0 aromatic heterocycles. The SMILES string of the molecule is CCOC(=O)N1CCC(NC(=O)C[NH+](Cc2ccc(F)cc2)C2CC2)CC1. The molecule has 1 aliphatic heterocycles. The fraction of sp³-hybridized carbons (Fsp3) is 0.600. The van der Waals surface area contributed by atoms with E-state index in [1.54, 1.807) is 24.0 Å². The Labute approximate surface area is 159 Å². The number of hydrogen-bond donors (Lipinski definition) is 2. The number of benzene rings is 1. The number of hydrogen-bond acceptors (Lipinski definition) is 3. The van der Waals surface area contributed by atoms with Gasteiger partial charge in [-0.2, -0.15) is 0 Å². The standard InChI is InChI=1S/C20H28FN3O3/c1-2-27-20(26)23-11-9-17(10-12-23)22-19(25)14-24(18-7-8-18)13-15-3-5-16(21)6-4-15/h3-6,17-18H,2,7-14H2,1H3,(H,22,25)/p+1. The number of amides is 2. The quantitative estimate of drug-likeness (QED) is 0.747. The molecule has 1 saturated heterocycles. The summed E-state index contributed by atoms with van der Waals surface area (Å²) in [7, 11) is 0. The average Bonchev–Trinajstić information content (AvgIpc) is 3.49. The maximum absolute atomic E-state index is 13.1. The van der Waals surface area contributed by atoms with Crippen molar-refractivity contribution >= 4 is 12.0 Å². The van der Waals surface area contributed by atoms with Crippen LogP contribution in [0.25, 0.3) is 0 Å². The van der Waals surface area contributed by atoms with Crippen LogP contribution in [0.5, 0.6) is 0 Å². The summed E-state index contributed by atoms with van der Waals surface area (Å²) in [5.41, 5.74) is 1.05. The van der Waals surface area contributed by atoms with E-state index in [0.717, 1.165) is 37.8 Å². The number of nitrogens with one attached hydrogen (secondary N) is 2. The highest BCUT2D eigenvalue weighted by Gasteiger charge is 2.35. The Bertz CT molecular complexity index is 640. The van der Waals surface area contributed by atoms with Crippen molar-refractivity contribution in [2.75, 3.05) is 26.2 Å². The van der Waals surface area contributed by atoms with E-state index >= 15 is 0 Å². The summed E-state index contributed by atoms with van der Waals surface area (Å²) < 4.78 is 18.1. The van der Waals surface area contributed by atoms with E-state index in [0.29, 0.717) is 32.3 Å². The number of rotatable bonds is 7. The number of quaternary nitrogens is 1. The van der Waals surface area contributed by atoms with E-state index < -0.39 is 0 Å². The number of nitrogens with zero attached hydrogens (tertiary/aromatic N) is 1. The van der Waals surface area contributed by atoms with E-state index in [2.05, 4.69) is 5.32 Å². The third kappa shape index (κ3) is 5.92. The highest BCUT2D eigenvalue weighted by Crippen LogP contribution is 2.16. The number of piperidine rings is 1. The molecule has 1 unspecified atom stereocenters. The molecular formula is C20H29FN3O3+. The Morgan fingerprint density at radius 1 is 1.19 bits per heavy atom. The van der Waals surface area contributed by atoms with Gasteiger partial charge in [0.25, 0.3) is 5.91 Å². The first-order valence-corrected chi connectivity index (χ1v) is 9.85. The summed E-state index contributed by atoms with van der Waals surface area (Å²) >= 11 is 0. The van der Waals surface area contributed by atoms with Crippen LogP contribution in [0.2, 0.25) is 0 Å². The molecule has 2 fully saturated rings. The summed E-state index contributed by atoms with van der Waals surface area (Å²) in [6.07, 6.45) is 3.51. The van der Waals surface area contributed by atoms with Gasteiger partial charge in [0.1, 0.15) is 12.4 Å². The molecule has 1 saturated carbocycles.